The molecule has 0 spiro atoms. The second-order valence-corrected chi connectivity index (χ2v) is 10.3. The molecule has 0 saturated heterocycles. The third kappa shape index (κ3) is 7.56. The Hall–Kier alpha value is -3.87. The molecular weight excluding hydrogens is 466 g/mol. The zero-order valence-electron chi connectivity index (χ0n) is 22.6. The van der Waals surface area contributed by atoms with Gasteiger partial charge in [0.25, 0.3) is 5.91 Å². The first-order valence-electron chi connectivity index (χ1n) is 12.6. The highest BCUT2D eigenvalue weighted by Gasteiger charge is 2.32. The number of amides is 3. The molecule has 3 aromatic carbocycles. The fourth-order valence-corrected chi connectivity index (χ4v) is 4.26. The lowest BCUT2D eigenvalue weighted by Gasteiger charge is -2.32. The minimum absolute atomic E-state index is 0.278. The van der Waals surface area contributed by atoms with E-state index in [0.717, 1.165) is 27.5 Å². The maximum atomic E-state index is 13.8. The van der Waals surface area contributed by atoms with Crippen LogP contribution in [0.3, 0.4) is 0 Å². The van der Waals surface area contributed by atoms with Gasteiger partial charge in [-0.05, 0) is 75.1 Å². The van der Waals surface area contributed by atoms with Gasteiger partial charge in [0.15, 0.2) is 0 Å². The number of fused-ring (bicyclic) bond motifs is 1. The highest BCUT2D eigenvalue weighted by atomic mass is 16.6. The molecule has 0 fully saturated rings. The van der Waals surface area contributed by atoms with Crippen LogP contribution in [0, 0.1) is 13.8 Å². The van der Waals surface area contributed by atoms with Gasteiger partial charge in [0.1, 0.15) is 18.2 Å². The molecule has 1 atom stereocenters. The van der Waals surface area contributed by atoms with Crippen LogP contribution in [0.25, 0.3) is 10.8 Å². The molecule has 0 aliphatic heterocycles. The van der Waals surface area contributed by atoms with E-state index in [0.29, 0.717) is 18.7 Å². The van der Waals surface area contributed by atoms with E-state index < -0.39 is 17.7 Å². The monoisotopic (exact) mass is 503 g/mol. The van der Waals surface area contributed by atoms with Crippen LogP contribution in [-0.4, -0.2) is 41.5 Å². The van der Waals surface area contributed by atoms with Crippen molar-refractivity contribution in [3.8, 4) is 0 Å². The number of nitrogens with zero attached hydrogens (tertiary/aromatic N) is 1. The van der Waals surface area contributed by atoms with E-state index in [1.54, 1.807) is 20.8 Å². The Kier molecular flexibility index (Phi) is 8.92. The fourth-order valence-electron chi connectivity index (χ4n) is 4.26. The number of carbonyl (C=O) groups excluding carboxylic acids is 3. The number of alkyl carbamates (subject to hydrolysis) is 1. The molecule has 3 aromatic rings. The van der Waals surface area contributed by atoms with Crippen molar-refractivity contribution in [2.24, 2.45) is 0 Å². The average molecular weight is 504 g/mol. The van der Waals surface area contributed by atoms with Crippen LogP contribution in [0.15, 0.2) is 60.7 Å². The summed E-state index contributed by atoms with van der Waals surface area (Å²) < 4.78 is 5.27. The molecule has 3 amide bonds. The molecule has 0 heterocycles. The third-order valence-electron chi connectivity index (χ3n) is 5.86. The second-order valence-electron chi connectivity index (χ2n) is 10.3. The van der Waals surface area contributed by atoms with Gasteiger partial charge < -0.3 is 20.3 Å². The van der Waals surface area contributed by atoms with Crippen molar-refractivity contribution in [2.75, 3.05) is 18.4 Å². The van der Waals surface area contributed by atoms with E-state index in [1.807, 2.05) is 81.4 Å². The summed E-state index contributed by atoms with van der Waals surface area (Å²) in [6.07, 6.45) is -0.0379. The number of benzene rings is 3. The molecule has 7 nitrogen and oxygen atoms in total. The lowest BCUT2D eigenvalue weighted by atomic mass is 9.96. The quantitative estimate of drug-likeness (QED) is 0.401. The number of hydrogen-bond acceptors (Lipinski definition) is 4. The van der Waals surface area contributed by atoms with E-state index in [1.165, 1.54) is 4.90 Å². The smallest absolute Gasteiger partial charge is 0.408 e. The maximum Gasteiger partial charge on any atom is 0.408 e. The van der Waals surface area contributed by atoms with Crippen molar-refractivity contribution in [3.63, 3.8) is 0 Å². The summed E-state index contributed by atoms with van der Waals surface area (Å²) in [5.41, 5.74) is 2.68. The predicted molar refractivity (Wildman–Crippen MR) is 147 cm³/mol. The van der Waals surface area contributed by atoms with Crippen LogP contribution in [0.4, 0.5) is 10.5 Å². The van der Waals surface area contributed by atoms with Crippen molar-refractivity contribution in [1.82, 2.24) is 10.2 Å². The van der Waals surface area contributed by atoms with Gasteiger partial charge in [-0.25, -0.2) is 4.79 Å². The van der Waals surface area contributed by atoms with E-state index in [2.05, 4.69) is 10.6 Å². The van der Waals surface area contributed by atoms with Gasteiger partial charge >= 0.3 is 6.09 Å². The largest absolute Gasteiger partial charge is 0.444 e. The number of aryl methyl sites for hydroxylation is 2. The summed E-state index contributed by atoms with van der Waals surface area (Å²) in [4.78, 5) is 40.9. The van der Waals surface area contributed by atoms with E-state index in [4.69, 9.17) is 4.74 Å². The molecule has 196 valence electrons. The molecule has 0 aliphatic carbocycles. The van der Waals surface area contributed by atoms with Gasteiger partial charge in [0, 0.05) is 12.2 Å². The summed E-state index contributed by atoms with van der Waals surface area (Å²) >= 11 is 0. The van der Waals surface area contributed by atoms with Gasteiger partial charge in [-0.1, -0.05) is 61.0 Å². The van der Waals surface area contributed by atoms with Gasteiger partial charge in [-0.3, -0.25) is 9.59 Å². The van der Waals surface area contributed by atoms with Crippen LogP contribution in [0.1, 0.15) is 56.8 Å². The SMILES string of the molecule is CCCN(C(=O)CNC(=O)OC(C)(C)C)C(C(=O)Nc1ccc2ccccc2c1)c1ccc(C)cc1C. The number of nitrogens with one attached hydrogen (secondary N) is 2. The Labute approximate surface area is 219 Å². The Bertz CT molecular complexity index is 1280. The zero-order valence-corrected chi connectivity index (χ0v) is 22.6. The third-order valence-corrected chi connectivity index (χ3v) is 5.86. The van der Waals surface area contributed by atoms with Gasteiger partial charge in [-0.15, -0.1) is 0 Å². The zero-order chi connectivity index (χ0) is 27.2. The Morgan fingerprint density at radius 2 is 1.65 bits per heavy atom. The predicted octanol–water partition coefficient (Wildman–Crippen LogP) is 5.90. The van der Waals surface area contributed by atoms with Gasteiger partial charge in [0.05, 0.1) is 0 Å². The van der Waals surface area contributed by atoms with Gasteiger partial charge in [0.2, 0.25) is 5.91 Å². The minimum Gasteiger partial charge on any atom is -0.444 e. The summed E-state index contributed by atoms with van der Waals surface area (Å²) in [5.74, 6) is -0.687. The molecule has 0 radical (unpaired) electrons. The second kappa shape index (κ2) is 11.9. The van der Waals surface area contributed by atoms with Gasteiger partial charge in [-0.2, -0.15) is 0 Å². The standard InChI is InChI=1S/C30H37N3O4/c1-7-16-33(26(34)19-31-29(36)37-30(4,5)6)27(25-15-12-20(2)17-21(25)3)28(35)32-24-14-13-22-10-8-9-11-23(22)18-24/h8-15,17-18,27H,7,16,19H2,1-6H3,(H,31,36)(H,32,35). The number of carbonyl (C=O) groups is 3. The molecule has 3 rings (SSSR count). The van der Waals surface area contributed by atoms with Crippen LogP contribution < -0.4 is 10.6 Å². The molecule has 0 bridgehead atoms. The van der Waals surface area contributed by atoms with Crippen molar-refractivity contribution >= 4 is 34.4 Å². The Morgan fingerprint density at radius 3 is 2.30 bits per heavy atom. The summed E-state index contributed by atoms with van der Waals surface area (Å²) in [6.45, 7) is 11.2. The number of ether oxygens (including phenoxy) is 1. The van der Waals surface area contributed by atoms with Crippen LogP contribution in [-0.2, 0) is 14.3 Å². The normalized spacial score (nSPS) is 12.1. The van der Waals surface area contributed by atoms with Crippen LogP contribution in [0.2, 0.25) is 0 Å². The van der Waals surface area contributed by atoms with E-state index >= 15 is 0 Å². The topological polar surface area (TPSA) is 87.7 Å². The molecular formula is C30H37N3O4. The highest BCUT2D eigenvalue weighted by molar-refractivity contribution is 6.00. The Balaban J connectivity index is 1.92. The lowest BCUT2D eigenvalue weighted by molar-refractivity contribution is -0.138. The first kappa shape index (κ1) is 27.7. The van der Waals surface area contributed by atoms with Crippen LogP contribution in [0.5, 0.6) is 0 Å². The first-order valence-corrected chi connectivity index (χ1v) is 12.6. The van der Waals surface area contributed by atoms with Crippen molar-refractivity contribution in [1.29, 1.82) is 0 Å². The van der Waals surface area contributed by atoms with Crippen molar-refractivity contribution in [3.05, 3.63) is 77.4 Å². The number of anilines is 1. The highest BCUT2D eigenvalue weighted by Crippen LogP contribution is 2.28. The summed E-state index contributed by atoms with van der Waals surface area (Å²) in [7, 11) is 0. The van der Waals surface area contributed by atoms with Crippen molar-refractivity contribution in [2.45, 2.75) is 59.6 Å². The minimum atomic E-state index is -0.875. The van der Waals surface area contributed by atoms with E-state index in [9.17, 15) is 14.4 Å². The maximum absolute atomic E-state index is 13.8. The molecule has 2 N–H and O–H groups in total. The first-order chi connectivity index (χ1) is 17.5. The van der Waals surface area contributed by atoms with E-state index in [-0.39, 0.29) is 18.4 Å². The number of hydrogen-bond donors (Lipinski definition) is 2. The molecule has 1 unspecified atom stereocenters. The molecule has 0 aliphatic rings. The lowest BCUT2D eigenvalue weighted by Crippen LogP contribution is -2.47. The molecule has 0 saturated carbocycles. The Morgan fingerprint density at radius 1 is 0.946 bits per heavy atom. The van der Waals surface area contributed by atoms with Crippen LogP contribution >= 0.6 is 0 Å². The van der Waals surface area contributed by atoms with Crippen molar-refractivity contribution < 1.29 is 19.1 Å². The molecule has 7 heteroatoms. The fraction of sp³-hybridized carbons (Fsp3) is 0.367. The summed E-state index contributed by atoms with van der Waals surface area (Å²) in [5, 5.41) is 7.63. The summed E-state index contributed by atoms with van der Waals surface area (Å²) in [6, 6.07) is 18.6. The molecule has 37 heavy (non-hydrogen) atoms. The molecule has 0 aromatic heterocycles. The number of rotatable bonds is 8. The average Bonchev–Trinajstić information content (AvgIpc) is 2.82.